The van der Waals surface area contributed by atoms with Gasteiger partial charge in [-0.15, -0.1) is 0 Å². The van der Waals surface area contributed by atoms with E-state index in [9.17, 15) is 0 Å². The number of unbranched alkanes of at least 4 members (excludes halogenated alkanes) is 1. The van der Waals surface area contributed by atoms with Gasteiger partial charge in [0.2, 0.25) is 0 Å². The van der Waals surface area contributed by atoms with Crippen LogP contribution in [0, 0.1) is 6.92 Å². The van der Waals surface area contributed by atoms with Gasteiger partial charge in [0.25, 0.3) is 0 Å². The topological polar surface area (TPSA) is 21.3 Å². The van der Waals surface area contributed by atoms with Crippen molar-refractivity contribution in [2.45, 2.75) is 52.9 Å². The van der Waals surface area contributed by atoms with Gasteiger partial charge in [-0.25, -0.2) is 0 Å². The number of rotatable bonds is 5. The summed E-state index contributed by atoms with van der Waals surface area (Å²) in [7, 11) is 0. The second-order valence-corrected chi connectivity index (χ2v) is 5.14. The van der Waals surface area contributed by atoms with Gasteiger partial charge >= 0.3 is 0 Å². The lowest BCUT2D eigenvalue weighted by Crippen LogP contribution is -2.20. The molecule has 1 N–H and O–H groups in total. The first-order valence-electron chi connectivity index (χ1n) is 7.30. The molecule has 1 heterocycles. The first kappa shape index (κ1) is 13.3. The Labute approximate surface area is 111 Å². The molecular weight excluding hydrogens is 222 g/mol. The predicted molar refractivity (Wildman–Crippen MR) is 77.8 cm³/mol. The summed E-state index contributed by atoms with van der Waals surface area (Å²) in [5.74, 6) is 1.09. The molecule has 0 spiro atoms. The molecule has 0 saturated heterocycles. The molecule has 1 aliphatic heterocycles. The molecule has 2 rings (SSSR count). The minimum Gasteiger partial charge on any atom is -0.489 e. The second kappa shape index (κ2) is 6.12. The lowest BCUT2D eigenvalue weighted by molar-refractivity contribution is 0.320. The van der Waals surface area contributed by atoms with Crippen LogP contribution in [0.3, 0.4) is 0 Å². The zero-order chi connectivity index (χ0) is 13.0. The first-order valence-corrected chi connectivity index (χ1v) is 7.30. The Morgan fingerprint density at radius 3 is 2.78 bits per heavy atom. The monoisotopic (exact) mass is 247 g/mol. The van der Waals surface area contributed by atoms with Crippen molar-refractivity contribution < 1.29 is 4.74 Å². The summed E-state index contributed by atoms with van der Waals surface area (Å²) < 4.78 is 5.85. The third kappa shape index (κ3) is 2.63. The van der Waals surface area contributed by atoms with Crippen LogP contribution in [0.4, 0.5) is 5.69 Å². The average Bonchev–Trinajstić information content (AvgIpc) is 2.39. The van der Waals surface area contributed by atoms with Gasteiger partial charge in [-0.2, -0.15) is 0 Å². The fourth-order valence-corrected chi connectivity index (χ4v) is 2.76. The Morgan fingerprint density at radius 1 is 1.22 bits per heavy atom. The van der Waals surface area contributed by atoms with Crippen molar-refractivity contribution in [3.8, 4) is 5.75 Å². The smallest absolute Gasteiger partial charge is 0.145 e. The fraction of sp³-hybridized carbons (Fsp3) is 0.625. The van der Waals surface area contributed by atoms with Crippen LogP contribution in [0.25, 0.3) is 0 Å². The van der Waals surface area contributed by atoms with E-state index in [0.29, 0.717) is 0 Å². The summed E-state index contributed by atoms with van der Waals surface area (Å²) in [6.07, 6.45) is 6.09. The summed E-state index contributed by atoms with van der Waals surface area (Å²) in [4.78, 5) is 0. The zero-order valence-electron chi connectivity index (χ0n) is 11.9. The highest BCUT2D eigenvalue weighted by atomic mass is 16.5. The summed E-state index contributed by atoms with van der Waals surface area (Å²) in [6.45, 7) is 8.43. The molecule has 0 saturated carbocycles. The van der Waals surface area contributed by atoms with Crippen LogP contribution in [-0.2, 0) is 12.8 Å². The average molecular weight is 247 g/mol. The number of ether oxygens (including phenoxy) is 1. The Balaban J connectivity index is 2.40. The number of fused-ring (bicyclic) bond motifs is 1. The Kier molecular flexibility index (Phi) is 4.51. The van der Waals surface area contributed by atoms with Gasteiger partial charge in [0.15, 0.2) is 0 Å². The van der Waals surface area contributed by atoms with E-state index in [-0.39, 0.29) is 0 Å². The van der Waals surface area contributed by atoms with Gasteiger partial charge in [-0.05, 0) is 48.9 Å². The highest BCUT2D eigenvalue weighted by molar-refractivity contribution is 5.65. The molecule has 0 fully saturated rings. The molecule has 18 heavy (non-hydrogen) atoms. The third-order valence-corrected chi connectivity index (χ3v) is 3.71. The van der Waals surface area contributed by atoms with Crippen molar-refractivity contribution in [3.05, 3.63) is 22.8 Å². The standard InChI is InChI=1S/C16H25NO/c1-4-6-8-14-12(3)16-15(17-9-10-18-16)11-13(14)7-5-2/h11,17H,4-10H2,1-3H3. The predicted octanol–water partition coefficient (Wildman–Crippen LogP) is 4.09. The molecule has 0 radical (unpaired) electrons. The molecule has 1 aromatic carbocycles. The van der Waals surface area contributed by atoms with Crippen LogP contribution in [0.5, 0.6) is 5.75 Å². The Bertz CT molecular complexity index is 412. The molecule has 0 amide bonds. The molecule has 2 nitrogen and oxygen atoms in total. The van der Waals surface area contributed by atoms with Crippen LogP contribution < -0.4 is 10.1 Å². The summed E-state index contributed by atoms with van der Waals surface area (Å²) >= 11 is 0. The lowest BCUT2D eigenvalue weighted by atomic mass is 9.92. The lowest BCUT2D eigenvalue weighted by Gasteiger charge is -2.25. The maximum absolute atomic E-state index is 5.85. The molecule has 1 aliphatic rings. The minimum atomic E-state index is 0.786. The largest absolute Gasteiger partial charge is 0.489 e. The minimum absolute atomic E-state index is 0.786. The van der Waals surface area contributed by atoms with E-state index in [0.717, 1.165) is 18.9 Å². The Morgan fingerprint density at radius 2 is 2.06 bits per heavy atom. The van der Waals surface area contributed by atoms with E-state index in [1.807, 2.05) is 0 Å². The first-order chi connectivity index (χ1) is 8.77. The van der Waals surface area contributed by atoms with E-state index in [1.165, 1.54) is 54.5 Å². The molecule has 0 aromatic heterocycles. The summed E-state index contributed by atoms with van der Waals surface area (Å²) in [5, 5.41) is 3.46. The van der Waals surface area contributed by atoms with Crippen LogP contribution in [0.2, 0.25) is 0 Å². The quantitative estimate of drug-likeness (QED) is 0.846. The Hall–Kier alpha value is -1.18. The number of aryl methyl sites for hydroxylation is 1. The van der Waals surface area contributed by atoms with Crippen molar-refractivity contribution >= 4 is 5.69 Å². The van der Waals surface area contributed by atoms with E-state index >= 15 is 0 Å². The van der Waals surface area contributed by atoms with Crippen molar-refractivity contribution in [1.29, 1.82) is 0 Å². The molecule has 0 unspecified atom stereocenters. The number of hydrogen-bond acceptors (Lipinski definition) is 2. The van der Waals surface area contributed by atoms with Gasteiger partial charge in [0, 0.05) is 6.54 Å². The number of nitrogens with one attached hydrogen (secondary N) is 1. The van der Waals surface area contributed by atoms with Crippen molar-refractivity contribution in [3.63, 3.8) is 0 Å². The SMILES string of the molecule is CCCCc1c(CCC)cc2c(c1C)OCCN2. The number of hydrogen-bond donors (Lipinski definition) is 1. The van der Waals surface area contributed by atoms with Crippen molar-refractivity contribution in [2.75, 3.05) is 18.5 Å². The third-order valence-electron chi connectivity index (χ3n) is 3.71. The highest BCUT2D eigenvalue weighted by Crippen LogP contribution is 2.36. The summed E-state index contributed by atoms with van der Waals surface area (Å²) in [5.41, 5.74) is 5.60. The number of anilines is 1. The van der Waals surface area contributed by atoms with Gasteiger partial charge in [-0.1, -0.05) is 26.7 Å². The maximum Gasteiger partial charge on any atom is 0.145 e. The molecule has 2 heteroatoms. The molecule has 1 aromatic rings. The van der Waals surface area contributed by atoms with E-state index in [1.54, 1.807) is 0 Å². The highest BCUT2D eigenvalue weighted by Gasteiger charge is 2.18. The second-order valence-electron chi connectivity index (χ2n) is 5.14. The van der Waals surface area contributed by atoms with Gasteiger partial charge in [0.05, 0.1) is 5.69 Å². The van der Waals surface area contributed by atoms with Gasteiger partial charge in [0.1, 0.15) is 12.4 Å². The molecule has 0 atom stereocenters. The fourth-order valence-electron chi connectivity index (χ4n) is 2.76. The van der Waals surface area contributed by atoms with E-state index < -0.39 is 0 Å². The van der Waals surface area contributed by atoms with Crippen LogP contribution >= 0.6 is 0 Å². The van der Waals surface area contributed by atoms with Crippen LogP contribution in [-0.4, -0.2) is 13.2 Å². The zero-order valence-corrected chi connectivity index (χ0v) is 11.9. The molecular formula is C16H25NO. The molecule has 100 valence electrons. The molecule has 0 aliphatic carbocycles. The van der Waals surface area contributed by atoms with Gasteiger partial charge < -0.3 is 10.1 Å². The van der Waals surface area contributed by atoms with E-state index in [2.05, 4.69) is 32.2 Å². The van der Waals surface area contributed by atoms with Crippen molar-refractivity contribution in [1.82, 2.24) is 0 Å². The van der Waals surface area contributed by atoms with E-state index in [4.69, 9.17) is 4.74 Å². The normalized spacial score (nSPS) is 13.7. The van der Waals surface area contributed by atoms with Gasteiger partial charge in [-0.3, -0.25) is 0 Å². The van der Waals surface area contributed by atoms with Crippen LogP contribution in [0.1, 0.15) is 49.8 Å². The van der Waals surface area contributed by atoms with Crippen molar-refractivity contribution in [2.24, 2.45) is 0 Å². The molecule has 0 bridgehead atoms. The summed E-state index contributed by atoms with van der Waals surface area (Å²) in [6, 6.07) is 2.32. The van der Waals surface area contributed by atoms with Crippen LogP contribution in [0.15, 0.2) is 6.07 Å². The number of benzene rings is 1. The maximum atomic E-state index is 5.85.